The molecule has 3 N–H and O–H groups in total. The third-order valence-electron chi connectivity index (χ3n) is 3.52. The predicted molar refractivity (Wildman–Crippen MR) is 92.5 cm³/mol. The van der Waals surface area contributed by atoms with E-state index in [4.69, 9.17) is 5.73 Å². The van der Waals surface area contributed by atoms with Gasteiger partial charge in [-0.15, -0.1) is 31.4 Å². The minimum Gasteiger partial charge on any atom is -0.398 e. The summed E-state index contributed by atoms with van der Waals surface area (Å²) in [5.41, 5.74) is 6.91. The number of halogens is 2. The van der Waals surface area contributed by atoms with E-state index in [1.807, 2.05) is 18.2 Å². The van der Waals surface area contributed by atoms with E-state index in [0.29, 0.717) is 11.3 Å². The van der Waals surface area contributed by atoms with Gasteiger partial charge in [-0.1, -0.05) is 18.2 Å². The van der Waals surface area contributed by atoms with E-state index >= 15 is 0 Å². The van der Waals surface area contributed by atoms with Gasteiger partial charge in [-0.25, -0.2) is 0 Å². The van der Waals surface area contributed by atoms with Crippen LogP contribution in [0.15, 0.2) is 36.9 Å². The van der Waals surface area contributed by atoms with Gasteiger partial charge in [0.15, 0.2) is 0 Å². The summed E-state index contributed by atoms with van der Waals surface area (Å²) < 4.78 is 0. The number of piperidine rings is 1. The van der Waals surface area contributed by atoms with Gasteiger partial charge in [0.1, 0.15) is 0 Å². The van der Waals surface area contributed by atoms with Crippen molar-refractivity contribution in [2.75, 3.05) is 25.4 Å². The molecule has 1 aromatic carbocycles. The number of hydrogen-bond donors (Lipinski definition) is 2. The van der Waals surface area contributed by atoms with Gasteiger partial charge >= 0.3 is 0 Å². The number of carbonyl (C=O) groups excluding carboxylic acids is 1. The van der Waals surface area contributed by atoms with Crippen molar-refractivity contribution in [3.05, 3.63) is 42.5 Å². The number of para-hydroxylation sites is 1. The molecule has 0 unspecified atom stereocenters. The zero-order chi connectivity index (χ0) is 13.7. The Balaban J connectivity index is 0.00000200. The number of benzene rings is 1. The number of amides is 1. The van der Waals surface area contributed by atoms with Crippen LogP contribution < -0.4 is 11.1 Å². The van der Waals surface area contributed by atoms with Crippen molar-refractivity contribution < 1.29 is 4.79 Å². The van der Waals surface area contributed by atoms with Gasteiger partial charge in [-0.2, -0.15) is 0 Å². The molecule has 0 spiro atoms. The molecule has 0 aliphatic carbocycles. The van der Waals surface area contributed by atoms with Crippen molar-refractivity contribution in [2.24, 2.45) is 0 Å². The van der Waals surface area contributed by atoms with E-state index in [9.17, 15) is 4.79 Å². The van der Waals surface area contributed by atoms with Crippen molar-refractivity contribution in [3.63, 3.8) is 0 Å². The van der Waals surface area contributed by atoms with Crippen LogP contribution in [0.5, 0.6) is 0 Å². The number of nitrogens with zero attached hydrogens (tertiary/aromatic N) is 1. The van der Waals surface area contributed by atoms with E-state index in [1.165, 1.54) is 0 Å². The standard InChI is InChI=1S/C15H21N3O.2ClH/c1-2-9-18-10-7-12(8-11-18)17-15(19)13-5-3-4-6-14(13)16;;/h2-6,12H,1,7-11,16H2,(H,17,19);2*1H. The van der Waals surface area contributed by atoms with Gasteiger partial charge in [0.05, 0.1) is 5.56 Å². The van der Waals surface area contributed by atoms with Crippen LogP contribution in [0.4, 0.5) is 5.69 Å². The number of nitrogen functional groups attached to an aromatic ring is 1. The van der Waals surface area contributed by atoms with Crippen LogP contribution in [0.25, 0.3) is 0 Å². The molecular formula is C15H23Cl2N3O. The summed E-state index contributed by atoms with van der Waals surface area (Å²) in [6.45, 7) is 6.67. The Labute approximate surface area is 138 Å². The summed E-state index contributed by atoms with van der Waals surface area (Å²) >= 11 is 0. The lowest BCUT2D eigenvalue weighted by atomic mass is 10.0. The van der Waals surface area contributed by atoms with Crippen molar-refractivity contribution in [1.82, 2.24) is 10.2 Å². The van der Waals surface area contributed by atoms with Crippen molar-refractivity contribution >= 4 is 36.4 Å². The third-order valence-corrected chi connectivity index (χ3v) is 3.52. The first-order chi connectivity index (χ1) is 9.20. The maximum absolute atomic E-state index is 12.1. The lowest BCUT2D eigenvalue weighted by Gasteiger charge is -2.31. The molecule has 1 aliphatic heterocycles. The Hall–Kier alpha value is -1.23. The molecule has 0 radical (unpaired) electrons. The monoisotopic (exact) mass is 331 g/mol. The minimum atomic E-state index is -0.0692. The average molecular weight is 332 g/mol. The van der Waals surface area contributed by atoms with Crippen LogP contribution in [0.1, 0.15) is 23.2 Å². The maximum atomic E-state index is 12.1. The SMILES string of the molecule is C=CCN1CCC(NC(=O)c2ccccc2N)CC1.Cl.Cl. The third kappa shape index (κ3) is 5.58. The smallest absolute Gasteiger partial charge is 0.253 e. The van der Waals surface area contributed by atoms with Gasteiger partial charge in [-0.05, 0) is 25.0 Å². The first-order valence-electron chi connectivity index (χ1n) is 6.69. The van der Waals surface area contributed by atoms with Crippen molar-refractivity contribution in [2.45, 2.75) is 18.9 Å². The number of hydrogen-bond acceptors (Lipinski definition) is 3. The fourth-order valence-corrected chi connectivity index (χ4v) is 2.41. The zero-order valence-corrected chi connectivity index (χ0v) is 13.6. The Morgan fingerprint density at radius 1 is 1.33 bits per heavy atom. The summed E-state index contributed by atoms with van der Waals surface area (Å²) in [7, 11) is 0. The molecule has 1 aliphatic rings. The summed E-state index contributed by atoms with van der Waals surface area (Å²) in [6, 6.07) is 7.42. The highest BCUT2D eigenvalue weighted by Crippen LogP contribution is 2.14. The quantitative estimate of drug-likeness (QED) is 0.658. The second-order valence-corrected chi connectivity index (χ2v) is 4.92. The van der Waals surface area contributed by atoms with Crippen LogP contribution in [0.2, 0.25) is 0 Å². The van der Waals surface area contributed by atoms with E-state index in [-0.39, 0.29) is 36.8 Å². The first kappa shape index (κ1) is 19.8. The largest absolute Gasteiger partial charge is 0.398 e. The van der Waals surface area contributed by atoms with Crippen molar-refractivity contribution in [1.29, 1.82) is 0 Å². The van der Waals surface area contributed by atoms with Crippen LogP contribution in [-0.4, -0.2) is 36.5 Å². The molecule has 0 bridgehead atoms. The van der Waals surface area contributed by atoms with Gasteiger partial charge in [0.2, 0.25) is 0 Å². The normalized spacial score (nSPS) is 15.4. The second kappa shape index (κ2) is 9.66. The summed E-state index contributed by atoms with van der Waals surface area (Å²) in [4.78, 5) is 14.5. The number of rotatable bonds is 4. The highest BCUT2D eigenvalue weighted by molar-refractivity contribution is 5.99. The molecule has 2 rings (SSSR count). The molecule has 1 amide bonds. The molecule has 1 aromatic rings. The Morgan fingerprint density at radius 3 is 2.52 bits per heavy atom. The van der Waals surface area contributed by atoms with Crippen LogP contribution >= 0.6 is 24.8 Å². The second-order valence-electron chi connectivity index (χ2n) is 4.92. The molecule has 1 fully saturated rings. The fourth-order valence-electron chi connectivity index (χ4n) is 2.41. The number of nitrogens with two attached hydrogens (primary N) is 1. The highest BCUT2D eigenvalue weighted by Gasteiger charge is 2.20. The Kier molecular flexibility index (Phi) is 9.09. The van der Waals surface area contributed by atoms with Crippen LogP contribution in [0, 0.1) is 0 Å². The molecule has 0 aromatic heterocycles. The molecule has 0 atom stereocenters. The molecule has 0 saturated carbocycles. The summed E-state index contributed by atoms with van der Waals surface area (Å²) in [6.07, 6.45) is 3.88. The van der Waals surface area contributed by atoms with Gasteiger partial charge in [-0.3, -0.25) is 9.69 Å². The van der Waals surface area contributed by atoms with Gasteiger partial charge in [0.25, 0.3) is 5.91 Å². The summed E-state index contributed by atoms with van der Waals surface area (Å²) in [5, 5.41) is 3.07. The van der Waals surface area contributed by atoms with Crippen molar-refractivity contribution in [3.8, 4) is 0 Å². The molecule has 4 nitrogen and oxygen atoms in total. The summed E-state index contributed by atoms with van der Waals surface area (Å²) in [5.74, 6) is -0.0692. The predicted octanol–water partition coefficient (Wildman–Crippen LogP) is 2.49. The lowest BCUT2D eigenvalue weighted by molar-refractivity contribution is 0.0915. The van der Waals surface area contributed by atoms with E-state index in [2.05, 4.69) is 16.8 Å². The van der Waals surface area contributed by atoms with Crippen LogP contribution in [0.3, 0.4) is 0 Å². The molecule has 1 saturated heterocycles. The maximum Gasteiger partial charge on any atom is 0.253 e. The highest BCUT2D eigenvalue weighted by atomic mass is 35.5. The lowest BCUT2D eigenvalue weighted by Crippen LogP contribution is -2.44. The minimum absolute atomic E-state index is 0. The van der Waals surface area contributed by atoms with Crippen LogP contribution in [-0.2, 0) is 0 Å². The van der Waals surface area contributed by atoms with E-state index in [1.54, 1.807) is 12.1 Å². The van der Waals surface area contributed by atoms with Gasteiger partial charge < -0.3 is 11.1 Å². The molecule has 1 heterocycles. The number of likely N-dealkylation sites (tertiary alicyclic amines) is 1. The molecule has 6 heteroatoms. The molecular weight excluding hydrogens is 309 g/mol. The topological polar surface area (TPSA) is 58.4 Å². The molecule has 118 valence electrons. The Bertz CT molecular complexity index is 460. The number of anilines is 1. The Morgan fingerprint density at radius 2 is 1.95 bits per heavy atom. The van der Waals surface area contributed by atoms with Gasteiger partial charge in [0, 0.05) is 31.4 Å². The fraction of sp³-hybridized carbons (Fsp3) is 0.400. The molecule has 21 heavy (non-hydrogen) atoms. The van der Waals surface area contributed by atoms with E-state index in [0.717, 1.165) is 32.5 Å². The van der Waals surface area contributed by atoms with E-state index < -0.39 is 0 Å². The average Bonchev–Trinajstić information content (AvgIpc) is 2.42. The zero-order valence-electron chi connectivity index (χ0n) is 12.0. The number of nitrogens with one attached hydrogen (secondary N) is 1. The number of carbonyl (C=O) groups is 1. The first-order valence-corrected chi connectivity index (χ1v) is 6.69.